The second kappa shape index (κ2) is 5.92. The highest BCUT2D eigenvalue weighted by Crippen LogP contribution is 2.06. The first-order chi connectivity index (χ1) is 7.61. The molecule has 16 heavy (non-hydrogen) atoms. The number of aliphatic hydroxyl groups excluding tert-OH is 1. The van der Waals surface area contributed by atoms with Crippen LogP contribution in [0.4, 0.5) is 5.69 Å². The topological polar surface area (TPSA) is 75.3 Å². The Morgan fingerprint density at radius 2 is 2.12 bits per heavy atom. The van der Waals surface area contributed by atoms with Crippen molar-refractivity contribution >= 4 is 17.7 Å². The quantitative estimate of drug-likeness (QED) is 0.518. The Balaban J connectivity index is 2.53. The SMILES string of the molecule is C[C@@H](CO)NC(=O)/C=C/c1ccc(N)cc1. The van der Waals surface area contributed by atoms with Crippen molar-refractivity contribution in [3.63, 3.8) is 0 Å². The monoisotopic (exact) mass is 220 g/mol. The fourth-order valence-corrected chi connectivity index (χ4v) is 1.12. The molecule has 86 valence electrons. The van der Waals surface area contributed by atoms with E-state index in [9.17, 15) is 4.79 Å². The lowest BCUT2D eigenvalue weighted by Crippen LogP contribution is -2.33. The van der Waals surface area contributed by atoms with E-state index in [1.165, 1.54) is 6.08 Å². The van der Waals surface area contributed by atoms with Gasteiger partial charge in [0.05, 0.1) is 6.61 Å². The van der Waals surface area contributed by atoms with Crippen LogP contribution in [0.15, 0.2) is 30.3 Å². The summed E-state index contributed by atoms with van der Waals surface area (Å²) in [5, 5.41) is 11.4. The van der Waals surface area contributed by atoms with Gasteiger partial charge in [0.2, 0.25) is 5.91 Å². The maximum atomic E-state index is 11.3. The van der Waals surface area contributed by atoms with E-state index in [0.717, 1.165) is 5.56 Å². The summed E-state index contributed by atoms with van der Waals surface area (Å²) in [5.74, 6) is -0.224. The number of nitrogen functional groups attached to an aromatic ring is 1. The minimum Gasteiger partial charge on any atom is -0.399 e. The van der Waals surface area contributed by atoms with Gasteiger partial charge >= 0.3 is 0 Å². The van der Waals surface area contributed by atoms with Crippen LogP contribution < -0.4 is 11.1 Å². The smallest absolute Gasteiger partial charge is 0.244 e. The van der Waals surface area contributed by atoms with Gasteiger partial charge in [0.15, 0.2) is 0 Å². The second-order valence-corrected chi connectivity index (χ2v) is 3.59. The molecule has 1 amide bonds. The lowest BCUT2D eigenvalue weighted by atomic mass is 10.2. The van der Waals surface area contributed by atoms with E-state index in [0.29, 0.717) is 5.69 Å². The van der Waals surface area contributed by atoms with Crippen molar-refractivity contribution in [1.82, 2.24) is 5.32 Å². The molecule has 0 unspecified atom stereocenters. The molecular weight excluding hydrogens is 204 g/mol. The third kappa shape index (κ3) is 4.14. The Morgan fingerprint density at radius 3 is 2.69 bits per heavy atom. The molecule has 0 aliphatic carbocycles. The summed E-state index contributed by atoms with van der Waals surface area (Å²) < 4.78 is 0. The fraction of sp³-hybridized carbons (Fsp3) is 0.250. The number of aliphatic hydroxyl groups is 1. The van der Waals surface area contributed by atoms with Gasteiger partial charge in [-0.3, -0.25) is 4.79 Å². The minimum absolute atomic E-state index is 0.0680. The van der Waals surface area contributed by atoms with Crippen LogP contribution in [0, 0.1) is 0 Å². The van der Waals surface area contributed by atoms with Gasteiger partial charge in [-0.1, -0.05) is 12.1 Å². The Morgan fingerprint density at radius 1 is 1.50 bits per heavy atom. The van der Waals surface area contributed by atoms with Gasteiger partial charge in [-0.25, -0.2) is 0 Å². The molecule has 0 spiro atoms. The maximum absolute atomic E-state index is 11.3. The number of amides is 1. The number of benzene rings is 1. The van der Waals surface area contributed by atoms with E-state index in [2.05, 4.69) is 5.32 Å². The first-order valence-corrected chi connectivity index (χ1v) is 5.07. The molecular formula is C12H16N2O2. The molecule has 0 saturated heterocycles. The molecule has 0 fully saturated rings. The zero-order valence-electron chi connectivity index (χ0n) is 9.18. The molecule has 1 rings (SSSR count). The highest BCUT2D eigenvalue weighted by Gasteiger charge is 2.01. The van der Waals surface area contributed by atoms with Crippen LogP contribution in [-0.2, 0) is 4.79 Å². The van der Waals surface area contributed by atoms with Gasteiger partial charge in [0.25, 0.3) is 0 Å². The zero-order valence-corrected chi connectivity index (χ0v) is 9.18. The number of hydrogen-bond donors (Lipinski definition) is 3. The van der Waals surface area contributed by atoms with Crippen molar-refractivity contribution in [1.29, 1.82) is 0 Å². The van der Waals surface area contributed by atoms with Crippen LogP contribution in [-0.4, -0.2) is 23.7 Å². The Hall–Kier alpha value is -1.81. The molecule has 1 atom stereocenters. The molecule has 0 heterocycles. The van der Waals surface area contributed by atoms with E-state index in [1.807, 2.05) is 12.1 Å². The number of anilines is 1. The number of rotatable bonds is 4. The zero-order chi connectivity index (χ0) is 12.0. The average molecular weight is 220 g/mol. The molecule has 0 saturated carbocycles. The molecule has 1 aromatic carbocycles. The molecule has 0 aliphatic rings. The summed E-state index contributed by atoms with van der Waals surface area (Å²) in [6.07, 6.45) is 3.12. The summed E-state index contributed by atoms with van der Waals surface area (Å²) in [6, 6.07) is 6.97. The molecule has 4 N–H and O–H groups in total. The predicted molar refractivity (Wildman–Crippen MR) is 64.6 cm³/mol. The van der Waals surface area contributed by atoms with Crippen molar-refractivity contribution in [3.05, 3.63) is 35.9 Å². The lowest BCUT2D eigenvalue weighted by Gasteiger charge is -2.07. The Labute approximate surface area is 94.8 Å². The summed E-state index contributed by atoms with van der Waals surface area (Å²) >= 11 is 0. The van der Waals surface area contributed by atoms with Gasteiger partial charge in [-0.2, -0.15) is 0 Å². The van der Waals surface area contributed by atoms with E-state index in [-0.39, 0.29) is 18.6 Å². The standard InChI is InChI=1S/C12H16N2O2/c1-9(8-15)14-12(16)7-4-10-2-5-11(13)6-3-10/h2-7,9,15H,8,13H2,1H3,(H,14,16)/b7-4+/t9-/m0/s1. The largest absolute Gasteiger partial charge is 0.399 e. The minimum atomic E-state index is -0.233. The van der Waals surface area contributed by atoms with Crippen molar-refractivity contribution in [2.75, 3.05) is 12.3 Å². The van der Waals surface area contributed by atoms with Crippen LogP contribution in [0.3, 0.4) is 0 Å². The highest BCUT2D eigenvalue weighted by atomic mass is 16.3. The number of carbonyl (C=O) groups is 1. The summed E-state index contributed by atoms with van der Waals surface area (Å²) in [4.78, 5) is 11.3. The predicted octanol–water partition coefficient (Wildman–Crippen LogP) is 0.779. The number of nitrogens with one attached hydrogen (secondary N) is 1. The van der Waals surface area contributed by atoms with Crippen molar-refractivity contribution < 1.29 is 9.90 Å². The van der Waals surface area contributed by atoms with Crippen LogP contribution in [0.1, 0.15) is 12.5 Å². The van der Waals surface area contributed by atoms with Crippen LogP contribution in [0.2, 0.25) is 0 Å². The van der Waals surface area contributed by atoms with Crippen LogP contribution in [0.5, 0.6) is 0 Å². The fourth-order valence-electron chi connectivity index (χ4n) is 1.12. The molecule has 4 nitrogen and oxygen atoms in total. The van der Waals surface area contributed by atoms with Crippen molar-refractivity contribution in [2.45, 2.75) is 13.0 Å². The van der Waals surface area contributed by atoms with E-state index >= 15 is 0 Å². The summed E-state index contributed by atoms with van der Waals surface area (Å²) in [5.41, 5.74) is 7.13. The molecule has 4 heteroatoms. The molecule has 1 aromatic rings. The van der Waals surface area contributed by atoms with Gasteiger partial charge < -0.3 is 16.2 Å². The average Bonchev–Trinajstić information content (AvgIpc) is 2.28. The van der Waals surface area contributed by atoms with E-state index in [1.54, 1.807) is 25.1 Å². The Bertz CT molecular complexity index is 371. The van der Waals surface area contributed by atoms with E-state index < -0.39 is 0 Å². The highest BCUT2D eigenvalue weighted by molar-refractivity contribution is 5.91. The van der Waals surface area contributed by atoms with Gasteiger partial charge in [-0.15, -0.1) is 0 Å². The Kier molecular flexibility index (Phi) is 4.54. The molecule has 0 aromatic heterocycles. The lowest BCUT2D eigenvalue weighted by molar-refractivity contribution is -0.117. The van der Waals surface area contributed by atoms with Crippen molar-refractivity contribution in [2.24, 2.45) is 0 Å². The number of hydrogen-bond acceptors (Lipinski definition) is 3. The second-order valence-electron chi connectivity index (χ2n) is 3.59. The normalized spacial score (nSPS) is 12.6. The number of nitrogens with two attached hydrogens (primary N) is 1. The van der Waals surface area contributed by atoms with Gasteiger partial charge in [-0.05, 0) is 30.7 Å². The maximum Gasteiger partial charge on any atom is 0.244 e. The van der Waals surface area contributed by atoms with Gasteiger partial charge in [0.1, 0.15) is 0 Å². The van der Waals surface area contributed by atoms with Crippen LogP contribution >= 0.6 is 0 Å². The summed E-state index contributed by atoms with van der Waals surface area (Å²) in [7, 11) is 0. The first-order valence-electron chi connectivity index (χ1n) is 5.07. The van der Waals surface area contributed by atoms with E-state index in [4.69, 9.17) is 10.8 Å². The molecule has 0 bridgehead atoms. The third-order valence-corrected chi connectivity index (χ3v) is 2.03. The first kappa shape index (κ1) is 12.3. The summed E-state index contributed by atoms with van der Waals surface area (Å²) in [6.45, 7) is 1.66. The third-order valence-electron chi connectivity index (χ3n) is 2.03. The molecule has 0 aliphatic heterocycles. The van der Waals surface area contributed by atoms with Gasteiger partial charge in [0, 0.05) is 17.8 Å². The van der Waals surface area contributed by atoms with Crippen LogP contribution in [0.25, 0.3) is 6.08 Å². The van der Waals surface area contributed by atoms with Crippen molar-refractivity contribution in [3.8, 4) is 0 Å². The molecule has 0 radical (unpaired) electrons. The number of carbonyl (C=O) groups excluding carboxylic acids is 1.